The molecule has 2 nitrogen and oxygen atoms in total. The molecular formula is C22H31NO. The van der Waals surface area contributed by atoms with Crippen molar-refractivity contribution in [1.29, 1.82) is 0 Å². The maximum atomic E-state index is 5.79. The molecule has 0 saturated heterocycles. The van der Waals surface area contributed by atoms with Gasteiger partial charge in [0.1, 0.15) is 6.61 Å². The molecule has 0 aromatic heterocycles. The molecule has 1 saturated carbocycles. The summed E-state index contributed by atoms with van der Waals surface area (Å²) in [5, 5.41) is 0. The van der Waals surface area contributed by atoms with Gasteiger partial charge in [-0.15, -0.1) is 6.58 Å². The zero-order valence-electron chi connectivity index (χ0n) is 15.2. The second-order valence-electron chi connectivity index (χ2n) is 7.76. The Hall–Kier alpha value is -1.57. The highest BCUT2D eigenvalue weighted by Crippen LogP contribution is 2.37. The van der Waals surface area contributed by atoms with Crippen molar-refractivity contribution in [3.8, 4) is 0 Å². The molecule has 0 amide bonds. The van der Waals surface area contributed by atoms with E-state index in [4.69, 9.17) is 9.73 Å². The highest BCUT2D eigenvalue weighted by molar-refractivity contribution is 5.95. The van der Waals surface area contributed by atoms with Crippen LogP contribution in [0.5, 0.6) is 0 Å². The fourth-order valence-electron chi connectivity index (χ4n) is 3.92. The Kier molecular flexibility index (Phi) is 5.76. The summed E-state index contributed by atoms with van der Waals surface area (Å²) in [6.07, 6.45) is 9.94. The summed E-state index contributed by atoms with van der Waals surface area (Å²) in [7, 11) is 0. The number of hydrogen-bond donors (Lipinski definition) is 0. The van der Waals surface area contributed by atoms with E-state index in [1.54, 1.807) is 0 Å². The van der Waals surface area contributed by atoms with Gasteiger partial charge in [-0.2, -0.15) is 0 Å². The van der Waals surface area contributed by atoms with Crippen LogP contribution in [0.15, 0.2) is 41.9 Å². The molecule has 1 heterocycles. The molecular weight excluding hydrogens is 294 g/mol. The summed E-state index contributed by atoms with van der Waals surface area (Å²) in [5.74, 6) is 3.01. The Morgan fingerprint density at radius 2 is 1.88 bits per heavy atom. The van der Waals surface area contributed by atoms with E-state index in [0.29, 0.717) is 12.0 Å². The third kappa shape index (κ3) is 4.09. The van der Waals surface area contributed by atoms with Gasteiger partial charge in [-0.25, -0.2) is 4.99 Å². The smallest absolute Gasteiger partial charge is 0.216 e. The van der Waals surface area contributed by atoms with Crippen molar-refractivity contribution in [2.75, 3.05) is 6.61 Å². The van der Waals surface area contributed by atoms with E-state index < -0.39 is 0 Å². The first-order valence-corrected chi connectivity index (χ1v) is 9.59. The lowest BCUT2D eigenvalue weighted by molar-refractivity contribution is 0.292. The molecule has 24 heavy (non-hydrogen) atoms. The predicted octanol–water partition coefficient (Wildman–Crippen LogP) is 5.73. The van der Waals surface area contributed by atoms with Crippen LogP contribution in [0.3, 0.4) is 0 Å². The van der Waals surface area contributed by atoms with E-state index in [2.05, 4.69) is 50.8 Å². The number of benzene rings is 1. The minimum Gasteiger partial charge on any atom is -0.475 e. The maximum Gasteiger partial charge on any atom is 0.216 e. The highest BCUT2D eigenvalue weighted by atomic mass is 16.5. The van der Waals surface area contributed by atoms with Gasteiger partial charge in [0.2, 0.25) is 5.90 Å². The molecule has 1 unspecified atom stereocenters. The number of hydrogen-bond acceptors (Lipinski definition) is 2. The molecule has 1 fully saturated rings. The third-order valence-corrected chi connectivity index (χ3v) is 5.70. The first-order chi connectivity index (χ1) is 11.7. The molecule has 1 aliphatic heterocycles. The van der Waals surface area contributed by atoms with Gasteiger partial charge in [-0.1, -0.05) is 32.1 Å². The fourth-order valence-corrected chi connectivity index (χ4v) is 3.92. The van der Waals surface area contributed by atoms with Crippen LogP contribution in [0.25, 0.3) is 0 Å². The normalized spacial score (nSPS) is 27.0. The molecule has 2 aliphatic rings. The topological polar surface area (TPSA) is 21.6 Å². The minimum atomic E-state index is 0.311. The molecule has 1 aromatic carbocycles. The van der Waals surface area contributed by atoms with Crippen molar-refractivity contribution in [3.05, 3.63) is 48.0 Å². The monoisotopic (exact) mass is 325 g/mol. The van der Waals surface area contributed by atoms with Crippen LogP contribution >= 0.6 is 0 Å². The quantitative estimate of drug-likeness (QED) is 0.612. The van der Waals surface area contributed by atoms with E-state index in [-0.39, 0.29) is 0 Å². The van der Waals surface area contributed by atoms with Gasteiger partial charge in [0, 0.05) is 5.56 Å². The van der Waals surface area contributed by atoms with Crippen LogP contribution in [0.2, 0.25) is 0 Å². The molecule has 1 atom stereocenters. The Morgan fingerprint density at radius 3 is 2.46 bits per heavy atom. The number of allylic oxidation sites excluding steroid dienone is 1. The fraction of sp³-hybridized carbons (Fsp3) is 0.591. The summed E-state index contributed by atoms with van der Waals surface area (Å²) in [4.78, 5) is 4.72. The van der Waals surface area contributed by atoms with Gasteiger partial charge in [0.15, 0.2) is 0 Å². The number of ether oxygens (including phenoxy) is 1. The summed E-state index contributed by atoms with van der Waals surface area (Å²) in [6.45, 7) is 8.98. The Bertz CT molecular complexity index is 564. The van der Waals surface area contributed by atoms with Gasteiger partial charge in [0.05, 0.1) is 6.04 Å². The Morgan fingerprint density at radius 1 is 1.17 bits per heavy atom. The van der Waals surface area contributed by atoms with Crippen LogP contribution in [0, 0.1) is 11.8 Å². The minimum absolute atomic E-state index is 0.311. The van der Waals surface area contributed by atoms with E-state index >= 15 is 0 Å². The van der Waals surface area contributed by atoms with Crippen LogP contribution in [0.4, 0.5) is 0 Å². The molecule has 0 N–H and O–H groups in total. The van der Waals surface area contributed by atoms with E-state index in [9.17, 15) is 0 Å². The molecule has 1 aliphatic carbocycles. The molecule has 3 rings (SSSR count). The zero-order chi connectivity index (χ0) is 16.9. The predicted molar refractivity (Wildman–Crippen MR) is 102 cm³/mol. The van der Waals surface area contributed by atoms with Crippen molar-refractivity contribution in [1.82, 2.24) is 0 Å². The second kappa shape index (κ2) is 8.00. The lowest BCUT2D eigenvalue weighted by atomic mass is 9.77. The van der Waals surface area contributed by atoms with Gasteiger partial charge in [0.25, 0.3) is 0 Å². The molecule has 2 heteroatoms. The lowest BCUT2D eigenvalue weighted by Crippen LogP contribution is -2.13. The summed E-state index contributed by atoms with van der Waals surface area (Å²) in [6, 6.07) is 9.28. The standard InChI is InChI=1S/C22H31NO/c1-4-5-6-17-7-9-18(10-8-17)19-11-13-20(14-12-19)22-23-21(15-24-22)16(2)3/h4,11-14,16-18,21H,1,5-10,15H2,2-3H3. The first kappa shape index (κ1) is 17.3. The summed E-state index contributed by atoms with van der Waals surface area (Å²) >= 11 is 0. The molecule has 0 spiro atoms. The Labute approximate surface area is 147 Å². The molecule has 0 bridgehead atoms. The third-order valence-electron chi connectivity index (χ3n) is 5.70. The molecule has 0 radical (unpaired) electrons. The lowest BCUT2D eigenvalue weighted by Gasteiger charge is -2.28. The maximum absolute atomic E-state index is 5.79. The second-order valence-corrected chi connectivity index (χ2v) is 7.76. The molecule has 1 aromatic rings. The molecule has 130 valence electrons. The van der Waals surface area contributed by atoms with Crippen molar-refractivity contribution in [2.24, 2.45) is 16.8 Å². The van der Waals surface area contributed by atoms with Gasteiger partial charge in [-0.3, -0.25) is 0 Å². The first-order valence-electron chi connectivity index (χ1n) is 9.59. The highest BCUT2D eigenvalue weighted by Gasteiger charge is 2.24. The number of aliphatic imine (C=N–C) groups is 1. The van der Waals surface area contributed by atoms with Crippen LogP contribution < -0.4 is 0 Å². The van der Waals surface area contributed by atoms with E-state index in [0.717, 1.165) is 29.9 Å². The van der Waals surface area contributed by atoms with Gasteiger partial charge in [-0.05, 0) is 74.0 Å². The number of rotatable bonds is 6. The van der Waals surface area contributed by atoms with Crippen molar-refractivity contribution >= 4 is 5.90 Å². The van der Waals surface area contributed by atoms with Crippen molar-refractivity contribution in [2.45, 2.75) is 64.3 Å². The average molecular weight is 325 g/mol. The average Bonchev–Trinajstić information content (AvgIpc) is 3.11. The van der Waals surface area contributed by atoms with Crippen molar-refractivity contribution in [3.63, 3.8) is 0 Å². The summed E-state index contributed by atoms with van der Waals surface area (Å²) in [5.41, 5.74) is 2.61. The van der Waals surface area contributed by atoms with Crippen LogP contribution in [-0.2, 0) is 4.74 Å². The SMILES string of the molecule is C=CCCC1CCC(c2ccc(C3=NC(C(C)C)CO3)cc2)CC1. The van der Waals surface area contributed by atoms with E-state index in [1.807, 2.05) is 0 Å². The van der Waals surface area contributed by atoms with E-state index in [1.165, 1.54) is 44.1 Å². The number of nitrogens with zero attached hydrogens (tertiary/aromatic N) is 1. The van der Waals surface area contributed by atoms with Gasteiger partial charge < -0.3 is 4.74 Å². The largest absolute Gasteiger partial charge is 0.475 e. The zero-order valence-corrected chi connectivity index (χ0v) is 15.2. The van der Waals surface area contributed by atoms with Crippen LogP contribution in [0.1, 0.15) is 69.4 Å². The van der Waals surface area contributed by atoms with Crippen LogP contribution in [-0.4, -0.2) is 18.5 Å². The summed E-state index contributed by atoms with van der Waals surface area (Å²) < 4.78 is 5.79. The van der Waals surface area contributed by atoms with Crippen molar-refractivity contribution < 1.29 is 4.74 Å². The Balaban J connectivity index is 1.58. The van der Waals surface area contributed by atoms with Gasteiger partial charge >= 0.3 is 0 Å².